The van der Waals surface area contributed by atoms with Crippen molar-refractivity contribution in [3.63, 3.8) is 0 Å². The van der Waals surface area contributed by atoms with Crippen LogP contribution in [0.2, 0.25) is 5.02 Å². The van der Waals surface area contributed by atoms with Crippen molar-refractivity contribution < 1.29 is 9.59 Å². The number of rotatable bonds is 5. The van der Waals surface area contributed by atoms with Crippen molar-refractivity contribution in [2.45, 2.75) is 13.8 Å². The van der Waals surface area contributed by atoms with Gasteiger partial charge in [-0.1, -0.05) is 31.5 Å². The van der Waals surface area contributed by atoms with E-state index < -0.39 is 0 Å². The molecule has 0 aliphatic rings. The second kappa shape index (κ2) is 7.14. The molecule has 0 heterocycles. The summed E-state index contributed by atoms with van der Waals surface area (Å²) in [5.41, 5.74) is 6.30. The van der Waals surface area contributed by atoms with Gasteiger partial charge in [0, 0.05) is 13.6 Å². The molecule has 5 nitrogen and oxygen atoms in total. The standard InChI is InChI=1S/C14H20ClN3O2/c1-9(2)7-17-12(19)8-18(3)14(20)10-5-4-6-11(15)13(10)16/h4-6,9H,7-8,16H2,1-3H3,(H,17,19). The molecule has 0 saturated carbocycles. The first kappa shape index (κ1) is 16.3. The lowest BCUT2D eigenvalue weighted by atomic mass is 10.1. The van der Waals surface area contributed by atoms with Gasteiger partial charge in [-0.3, -0.25) is 9.59 Å². The number of para-hydroxylation sites is 1. The molecular formula is C14H20ClN3O2. The van der Waals surface area contributed by atoms with E-state index in [0.717, 1.165) is 0 Å². The number of hydrogen-bond acceptors (Lipinski definition) is 3. The van der Waals surface area contributed by atoms with Crippen LogP contribution in [0.5, 0.6) is 0 Å². The van der Waals surface area contributed by atoms with Crippen molar-refractivity contribution in [1.82, 2.24) is 10.2 Å². The fraction of sp³-hybridized carbons (Fsp3) is 0.429. The highest BCUT2D eigenvalue weighted by molar-refractivity contribution is 6.33. The molecule has 0 aliphatic heterocycles. The second-order valence-corrected chi connectivity index (χ2v) is 5.47. The molecule has 3 N–H and O–H groups in total. The van der Waals surface area contributed by atoms with E-state index in [-0.39, 0.29) is 24.0 Å². The van der Waals surface area contributed by atoms with Crippen LogP contribution in [0, 0.1) is 5.92 Å². The van der Waals surface area contributed by atoms with Crippen molar-refractivity contribution >= 4 is 29.1 Å². The van der Waals surface area contributed by atoms with Crippen molar-refractivity contribution in [1.29, 1.82) is 0 Å². The van der Waals surface area contributed by atoms with Gasteiger partial charge in [-0.25, -0.2) is 0 Å². The third-order valence-electron chi connectivity index (χ3n) is 2.72. The average molecular weight is 298 g/mol. The summed E-state index contributed by atoms with van der Waals surface area (Å²) in [6.45, 7) is 4.57. The van der Waals surface area contributed by atoms with Crippen LogP contribution in [0.1, 0.15) is 24.2 Å². The van der Waals surface area contributed by atoms with Gasteiger partial charge in [-0.2, -0.15) is 0 Å². The average Bonchev–Trinajstić information content (AvgIpc) is 2.38. The van der Waals surface area contributed by atoms with Gasteiger partial charge in [0.15, 0.2) is 0 Å². The van der Waals surface area contributed by atoms with Crippen LogP contribution in [0.15, 0.2) is 18.2 Å². The normalized spacial score (nSPS) is 10.4. The number of nitrogens with zero attached hydrogens (tertiary/aromatic N) is 1. The minimum atomic E-state index is -0.329. The zero-order valence-electron chi connectivity index (χ0n) is 11.9. The van der Waals surface area contributed by atoms with E-state index in [4.69, 9.17) is 17.3 Å². The number of likely N-dealkylation sites (N-methyl/N-ethyl adjacent to an activating group) is 1. The maximum Gasteiger partial charge on any atom is 0.256 e. The molecule has 0 aliphatic carbocycles. The summed E-state index contributed by atoms with van der Waals surface area (Å²) < 4.78 is 0. The van der Waals surface area contributed by atoms with Crippen molar-refractivity contribution in [2.24, 2.45) is 5.92 Å². The molecule has 0 saturated heterocycles. The SMILES string of the molecule is CC(C)CNC(=O)CN(C)C(=O)c1cccc(Cl)c1N. The number of anilines is 1. The number of benzene rings is 1. The first-order valence-corrected chi connectivity index (χ1v) is 6.76. The molecule has 2 amide bonds. The van der Waals surface area contributed by atoms with Crippen LogP contribution in [-0.2, 0) is 4.79 Å². The van der Waals surface area contributed by atoms with Crippen LogP contribution in [0.3, 0.4) is 0 Å². The monoisotopic (exact) mass is 297 g/mol. The first-order valence-electron chi connectivity index (χ1n) is 6.39. The summed E-state index contributed by atoms with van der Waals surface area (Å²) in [5.74, 6) is -0.164. The largest absolute Gasteiger partial charge is 0.397 e. The zero-order chi connectivity index (χ0) is 15.3. The van der Waals surface area contributed by atoms with Gasteiger partial charge in [0.25, 0.3) is 5.91 Å². The third kappa shape index (κ3) is 4.42. The highest BCUT2D eigenvalue weighted by Gasteiger charge is 2.18. The minimum Gasteiger partial charge on any atom is -0.397 e. The van der Waals surface area contributed by atoms with Gasteiger partial charge >= 0.3 is 0 Å². The number of nitrogens with two attached hydrogens (primary N) is 1. The zero-order valence-corrected chi connectivity index (χ0v) is 12.7. The van der Waals surface area contributed by atoms with E-state index in [2.05, 4.69) is 5.32 Å². The number of amides is 2. The molecule has 6 heteroatoms. The Morgan fingerprint density at radius 2 is 2.05 bits per heavy atom. The first-order chi connectivity index (χ1) is 9.32. The highest BCUT2D eigenvalue weighted by atomic mass is 35.5. The third-order valence-corrected chi connectivity index (χ3v) is 3.05. The van der Waals surface area contributed by atoms with Crippen LogP contribution >= 0.6 is 11.6 Å². The van der Waals surface area contributed by atoms with E-state index in [1.807, 2.05) is 13.8 Å². The van der Waals surface area contributed by atoms with Crippen LogP contribution < -0.4 is 11.1 Å². The summed E-state index contributed by atoms with van der Waals surface area (Å²) in [5, 5.41) is 3.08. The Kier molecular flexibility index (Phi) is 5.82. The Morgan fingerprint density at radius 1 is 1.40 bits per heavy atom. The Labute approximate surface area is 124 Å². The number of hydrogen-bond donors (Lipinski definition) is 2. The number of nitrogen functional groups attached to an aromatic ring is 1. The van der Waals surface area contributed by atoms with E-state index >= 15 is 0 Å². The van der Waals surface area contributed by atoms with Crippen LogP contribution in [0.4, 0.5) is 5.69 Å². The number of carbonyl (C=O) groups excluding carboxylic acids is 2. The minimum absolute atomic E-state index is 0.0164. The smallest absolute Gasteiger partial charge is 0.256 e. The van der Waals surface area contributed by atoms with Crippen LogP contribution in [0.25, 0.3) is 0 Å². The predicted molar refractivity (Wildman–Crippen MR) is 80.7 cm³/mol. The predicted octanol–water partition coefficient (Wildman–Crippen LogP) is 1.77. The number of carbonyl (C=O) groups is 2. The molecule has 0 fully saturated rings. The molecule has 1 aromatic carbocycles. The summed E-state index contributed by atoms with van der Waals surface area (Å²) in [7, 11) is 1.55. The molecule has 0 atom stereocenters. The molecule has 1 aromatic rings. The summed E-state index contributed by atoms with van der Waals surface area (Å²) in [6, 6.07) is 4.85. The Bertz CT molecular complexity index is 503. The molecule has 0 aromatic heterocycles. The number of nitrogens with one attached hydrogen (secondary N) is 1. The van der Waals surface area contributed by atoms with Gasteiger partial charge < -0.3 is 16.0 Å². The van der Waals surface area contributed by atoms with E-state index in [9.17, 15) is 9.59 Å². The van der Waals surface area contributed by atoms with Gasteiger partial charge in [0.2, 0.25) is 5.91 Å². The maximum atomic E-state index is 12.2. The topological polar surface area (TPSA) is 75.4 Å². The lowest BCUT2D eigenvalue weighted by molar-refractivity contribution is -0.121. The Hall–Kier alpha value is -1.75. The van der Waals surface area contributed by atoms with E-state index in [0.29, 0.717) is 23.0 Å². The summed E-state index contributed by atoms with van der Waals surface area (Å²) >= 11 is 5.88. The molecule has 0 spiro atoms. The van der Waals surface area contributed by atoms with Gasteiger partial charge in [-0.15, -0.1) is 0 Å². The Balaban J connectivity index is 2.67. The summed E-state index contributed by atoms with van der Waals surface area (Å²) in [4.78, 5) is 25.2. The van der Waals surface area contributed by atoms with Crippen molar-refractivity contribution in [2.75, 3.05) is 25.9 Å². The maximum absolute atomic E-state index is 12.2. The highest BCUT2D eigenvalue weighted by Crippen LogP contribution is 2.23. The van der Waals surface area contributed by atoms with E-state index in [1.165, 1.54) is 4.90 Å². The summed E-state index contributed by atoms with van der Waals surface area (Å²) in [6.07, 6.45) is 0. The second-order valence-electron chi connectivity index (χ2n) is 5.06. The van der Waals surface area contributed by atoms with Crippen molar-refractivity contribution in [3.05, 3.63) is 28.8 Å². The fourth-order valence-electron chi connectivity index (χ4n) is 1.59. The van der Waals surface area contributed by atoms with Crippen LogP contribution in [-0.4, -0.2) is 36.9 Å². The molecule has 1 rings (SSSR count). The van der Waals surface area contributed by atoms with Crippen molar-refractivity contribution in [3.8, 4) is 0 Å². The lowest BCUT2D eigenvalue weighted by Gasteiger charge is -2.18. The lowest BCUT2D eigenvalue weighted by Crippen LogP contribution is -2.39. The quantitative estimate of drug-likeness (QED) is 0.813. The molecular weight excluding hydrogens is 278 g/mol. The molecule has 0 radical (unpaired) electrons. The number of halogens is 1. The fourth-order valence-corrected chi connectivity index (χ4v) is 1.76. The molecule has 0 bridgehead atoms. The Morgan fingerprint density at radius 3 is 2.65 bits per heavy atom. The van der Waals surface area contributed by atoms with Gasteiger partial charge in [-0.05, 0) is 18.1 Å². The molecule has 20 heavy (non-hydrogen) atoms. The van der Waals surface area contributed by atoms with Gasteiger partial charge in [0.05, 0.1) is 22.8 Å². The molecule has 0 unspecified atom stereocenters. The van der Waals surface area contributed by atoms with E-state index in [1.54, 1.807) is 25.2 Å². The molecule has 110 valence electrons. The van der Waals surface area contributed by atoms with Gasteiger partial charge in [0.1, 0.15) is 0 Å².